The molecule has 1 unspecified atom stereocenters. The zero-order valence-electron chi connectivity index (χ0n) is 14.6. The highest BCUT2D eigenvalue weighted by atomic mass is 32.2. The second kappa shape index (κ2) is 7.86. The molecule has 0 spiro atoms. The van der Waals surface area contributed by atoms with Crippen LogP contribution in [0.3, 0.4) is 0 Å². The summed E-state index contributed by atoms with van der Waals surface area (Å²) in [6.45, 7) is 0.175. The molecule has 26 heavy (non-hydrogen) atoms. The fourth-order valence-corrected chi connectivity index (χ4v) is 4.15. The lowest BCUT2D eigenvalue weighted by Crippen LogP contribution is -2.37. The molecule has 0 aromatic heterocycles. The van der Waals surface area contributed by atoms with Gasteiger partial charge in [0.15, 0.2) is 11.5 Å². The van der Waals surface area contributed by atoms with Gasteiger partial charge in [-0.1, -0.05) is 18.2 Å². The molecule has 0 aliphatic carbocycles. The van der Waals surface area contributed by atoms with Crippen molar-refractivity contribution in [1.29, 1.82) is 0 Å². The zero-order valence-corrected chi connectivity index (χ0v) is 15.4. The van der Waals surface area contributed by atoms with Gasteiger partial charge in [0.05, 0.1) is 14.2 Å². The summed E-state index contributed by atoms with van der Waals surface area (Å²) >= 11 is 1.59. The molecule has 2 aromatic carbocycles. The van der Waals surface area contributed by atoms with E-state index in [1.165, 1.54) is 20.3 Å². The number of halogens is 1. The molecule has 1 fully saturated rings. The Morgan fingerprint density at radius 2 is 1.88 bits per heavy atom. The minimum Gasteiger partial charge on any atom is -0.502 e. The number of phenolic OH excluding ortho intramolecular Hbond substituents is 1. The van der Waals surface area contributed by atoms with Gasteiger partial charge in [0.1, 0.15) is 11.2 Å². The number of benzene rings is 2. The molecule has 2 aromatic rings. The Kier molecular flexibility index (Phi) is 5.56. The molecular weight excluding hydrogens is 357 g/mol. The van der Waals surface area contributed by atoms with Gasteiger partial charge in [-0.3, -0.25) is 4.79 Å². The van der Waals surface area contributed by atoms with Crippen LogP contribution in [-0.2, 0) is 11.3 Å². The molecule has 1 aliphatic heterocycles. The number of nitrogens with zero attached hydrogens (tertiary/aromatic N) is 1. The number of aromatic hydroxyl groups is 1. The van der Waals surface area contributed by atoms with Crippen LogP contribution in [0.2, 0.25) is 0 Å². The molecule has 5 nitrogen and oxygen atoms in total. The Hall–Kier alpha value is -2.41. The molecule has 1 aliphatic rings. The van der Waals surface area contributed by atoms with Gasteiger partial charge in [-0.15, -0.1) is 11.8 Å². The minimum atomic E-state index is -0.338. The van der Waals surface area contributed by atoms with Crippen molar-refractivity contribution in [3.8, 4) is 17.2 Å². The van der Waals surface area contributed by atoms with Gasteiger partial charge in [-0.2, -0.15) is 0 Å². The fraction of sp³-hybridized carbons (Fsp3) is 0.316. The number of ether oxygens (including phenoxy) is 2. The maximum atomic E-state index is 14.1. The molecule has 1 amide bonds. The van der Waals surface area contributed by atoms with Crippen molar-refractivity contribution < 1.29 is 23.8 Å². The van der Waals surface area contributed by atoms with Crippen molar-refractivity contribution in [3.05, 3.63) is 53.3 Å². The average Bonchev–Trinajstić information content (AvgIpc) is 2.65. The Morgan fingerprint density at radius 1 is 1.23 bits per heavy atom. The van der Waals surface area contributed by atoms with Gasteiger partial charge in [0.25, 0.3) is 0 Å². The van der Waals surface area contributed by atoms with E-state index in [2.05, 4.69) is 0 Å². The highest BCUT2D eigenvalue weighted by Gasteiger charge is 2.31. The molecule has 0 radical (unpaired) electrons. The summed E-state index contributed by atoms with van der Waals surface area (Å²) in [6, 6.07) is 9.81. The SMILES string of the molecule is COc1cc(C2SCCC(=O)N2Cc2ccccc2F)cc(OC)c1O. The molecule has 1 atom stereocenters. The first kappa shape index (κ1) is 18.4. The third-order valence-corrected chi connectivity index (χ3v) is 5.56. The maximum absolute atomic E-state index is 14.1. The van der Waals surface area contributed by atoms with E-state index >= 15 is 0 Å². The lowest BCUT2D eigenvalue weighted by molar-refractivity contribution is -0.132. The number of hydrogen-bond donors (Lipinski definition) is 1. The van der Waals surface area contributed by atoms with E-state index < -0.39 is 0 Å². The first-order chi connectivity index (χ1) is 12.5. The molecule has 3 rings (SSSR count). The van der Waals surface area contributed by atoms with Crippen molar-refractivity contribution in [2.24, 2.45) is 0 Å². The lowest BCUT2D eigenvalue weighted by Gasteiger charge is -2.36. The van der Waals surface area contributed by atoms with Crippen LogP contribution in [0, 0.1) is 5.82 Å². The van der Waals surface area contributed by atoms with Crippen molar-refractivity contribution in [2.75, 3.05) is 20.0 Å². The largest absolute Gasteiger partial charge is 0.502 e. The predicted octanol–water partition coefficient (Wildman–Crippen LogP) is 3.71. The van der Waals surface area contributed by atoms with Crippen molar-refractivity contribution >= 4 is 17.7 Å². The highest BCUT2D eigenvalue weighted by Crippen LogP contribution is 2.45. The van der Waals surface area contributed by atoms with E-state index in [0.29, 0.717) is 17.7 Å². The molecule has 1 heterocycles. The number of methoxy groups -OCH3 is 2. The second-order valence-corrected chi connectivity index (χ2v) is 7.05. The van der Waals surface area contributed by atoms with Crippen LogP contribution in [0.1, 0.15) is 22.9 Å². The molecule has 138 valence electrons. The minimum absolute atomic E-state index is 0.0389. The zero-order chi connectivity index (χ0) is 18.7. The average molecular weight is 377 g/mol. The van der Waals surface area contributed by atoms with Crippen LogP contribution in [0.5, 0.6) is 17.2 Å². The summed E-state index contributed by atoms with van der Waals surface area (Å²) in [5.41, 5.74) is 1.22. The molecular formula is C19H20FNO4S. The standard InChI is InChI=1S/C19H20FNO4S/c1-24-15-9-13(10-16(25-2)18(15)23)19-21(17(22)7-8-26-19)11-12-5-3-4-6-14(12)20/h3-6,9-10,19,23H,7-8,11H2,1-2H3. The summed E-state index contributed by atoms with van der Waals surface area (Å²) in [5, 5.41) is 9.79. The van der Waals surface area contributed by atoms with E-state index in [-0.39, 0.29) is 40.9 Å². The Labute approximate surface area is 155 Å². The first-order valence-corrected chi connectivity index (χ1v) is 9.19. The third-order valence-electron chi connectivity index (χ3n) is 4.28. The Morgan fingerprint density at radius 3 is 2.50 bits per heavy atom. The van der Waals surface area contributed by atoms with E-state index in [9.17, 15) is 14.3 Å². The van der Waals surface area contributed by atoms with Gasteiger partial charge < -0.3 is 19.5 Å². The number of rotatable bonds is 5. The van der Waals surface area contributed by atoms with Crippen LogP contribution in [0.15, 0.2) is 36.4 Å². The molecule has 1 N–H and O–H groups in total. The quantitative estimate of drug-likeness (QED) is 0.861. The number of carbonyl (C=O) groups is 1. The highest BCUT2D eigenvalue weighted by molar-refractivity contribution is 7.99. The second-order valence-electron chi connectivity index (χ2n) is 5.86. The van der Waals surface area contributed by atoms with Crippen molar-refractivity contribution in [3.63, 3.8) is 0 Å². The van der Waals surface area contributed by atoms with Gasteiger partial charge in [0.2, 0.25) is 11.7 Å². The topological polar surface area (TPSA) is 59.0 Å². The van der Waals surface area contributed by atoms with Crippen LogP contribution in [-0.4, -0.2) is 35.9 Å². The van der Waals surface area contributed by atoms with E-state index in [1.54, 1.807) is 47.0 Å². The number of carbonyl (C=O) groups excluding carboxylic acids is 1. The third kappa shape index (κ3) is 3.58. The van der Waals surface area contributed by atoms with Crippen molar-refractivity contribution in [1.82, 2.24) is 4.90 Å². The van der Waals surface area contributed by atoms with Gasteiger partial charge in [0, 0.05) is 24.3 Å². The van der Waals surface area contributed by atoms with Crippen molar-refractivity contribution in [2.45, 2.75) is 18.3 Å². The summed E-state index contributed by atoms with van der Waals surface area (Å²) in [7, 11) is 2.91. The molecule has 0 saturated carbocycles. The number of phenols is 1. The number of thioether (sulfide) groups is 1. The summed E-state index contributed by atoms with van der Waals surface area (Å²) in [6.07, 6.45) is 0.405. The van der Waals surface area contributed by atoms with Gasteiger partial charge in [-0.25, -0.2) is 4.39 Å². The monoisotopic (exact) mass is 377 g/mol. The van der Waals surface area contributed by atoms with Crippen LogP contribution < -0.4 is 9.47 Å². The molecule has 0 bridgehead atoms. The Bertz CT molecular complexity index is 789. The molecule has 7 heteroatoms. The van der Waals surface area contributed by atoms with Crippen LogP contribution in [0.4, 0.5) is 4.39 Å². The summed E-state index contributed by atoms with van der Waals surface area (Å²) in [5.74, 6) is 0.737. The van der Waals surface area contributed by atoms with Gasteiger partial charge >= 0.3 is 0 Å². The predicted molar refractivity (Wildman–Crippen MR) is 98.0 cm³/mol. The Balaban J connectivity index is 1.98. The maximum Gasteiger partial charge on any atom is 0.224 e. The first-order valence-electron chi connectivity index (χ1n) is 8.14. The number of amides is 1. The lowest BCUT2D eigenvalue weighted by atomic mass is 10.1. The summed E-state index contributed by atoms with van der Waals surface area (Å²) < 4.78 is 24.5. The molecule has 1 saturated heterocycles. The van der Waals surface area contributed by atoms with E-state index in [0.717, 1.165) is 5.56 Å². The number of hydrogen-bond acceptors (Lipinski definition) is 5. The van der Waals surface area contributed by atoms with Crippen LogP contribution >= 0.6 is 11.8 Å². The van der Waals surface area contributed by atoms with E-state index in [4.69, 9.17) is 9.47 Å². The van der Waals surface area contributed by atoms with Gasteiger partial charge in [-0.05, 0) is 23.8 Å². The van der Waals surface area contributed by atoms with E-state index in [1.807, 2.05) is 0 Å². The normalized spacial score (nSPS) is 17.3. The van der Waals surface area contributed by atoms with Crippen LogP contribution in [0.25, 0.3) is 0 Å². The fourth-order valence-electron chi connectivity index (χ4n) is 2.94. The smallest absolute Gasteiger partial charge is 0.224 e. The summed E-state index contributed by atoms with van der Waals surface area (Å²) in [4.78, 5) is 14.2.